The van der Waals surface area contributed by atoms with Crippen LogP contribution in [-0.2, 0) is 4.79 Å². The Morgan fingerprint density at radius 1 is 1.41 bits per heavy atom. The third-order valence-electron chi connectivity index (χ3n) is 2.09. The van der Waals surface area contributed by atoms with Gasteiger partial charge in [-0.1, -0.05) is 6.07 Å². The number of halogens is 1. The Balaban J connectivity index is 2.79. The van der Waals surface area contributed by atoms with E-state index in [1.165, 1.54) is 0 Å². The number of nitrogens with one attached hydrogen (secondary N) is 2. The summed E-state index contributed by atoms with van der Waals surface area (Å²) in [5, 5.41) is 4.71. The quantitative estimate of drug-likeness (QED) is 0.808. The molecule has 5 heteroatoms. The lowest BCUT2D eigenvalue weighted by Gasteiger charge is -2.08. The van der Waals surface area contributed by atoms with Crippen molar-refractivity contribution < 1.29 is 9.59 Å². The number of anilines is 1. The zero-order chi connectivity index (χ0) is 12.8. The molecule has 0 spiro atoms. The van der Waals surface area contributed by atoms with Crippen LogP contribution in [0.1, 0.15) is 24.2 Å². The molecule has 92 valence electrons. The summed E-state index contributed by atoms with van der Waals surface area (Å²) in [5.74, 6) is -0.456. The second-order valence-electron chi connectivity index (χ2n) is 3.55. The Morgan fingerprint density at radius 2 is 2.12 bits per heavy atom. The number of alkyl halides is 1. The highest BCUT2D eigenvalue weighted by molar-refractivity contribution is 6.32. The molecule has 0 aromatic heterocycles. The average Bonchev–Trinajstić information content (AvgIpc) is 2.29. The topological polar surface area (TPSA) is 58.2 Å². The van der Waals surface area contributed by atoms with Crippen molar-refractivity contribution in [1.82, 2.24) is 5.32 Å². The number of carbonyl (C=O) groups excluding carboxylic acids is 2. The van der Waals surface area contributed by atoms with Gasteiger partial charge in [0.1, 0.15) is 5.38 Å². The second-order valence-corrected chi connectivity index (χ2v) is 4.20. The van der Waals surface area contributed by atoms with Gasteiger partial charge in [-0.3, -0.25) is 9.59 Å². The first-order valence-corrected chi connectivity index (χ1v) is 5.81. The highest BCUT2D eigenvalue weighted by atomic mass is 35.5. The van der Waals surface area contributed by atoms with Gasteiger partial charge < -0.3 is 10.6 Å². The summed E-state index contributed by atoms with van der Waals surface area (Å²) in [5.41, 5.74) is 1.07. The number of rotatable bonds is 4. The molecule has 0 aliphatic rings. The van der Waals surface area contributed by atoms with Gasteiger partial charge in [0, 0.05) is 17.8 Å². The Hall–Kier alpha value is -1.55. The van der Waals surface area contributed by atoms with Crippen molar-refractivity contribution in [3.05, 3.63) is 29.8 Å². The van der Waals surface area contributed by atoms with Crippen LogP contribution in [0.2, 0.25) is 0 Å². The fraction of sp³-hybridized carbons (Fsp3) is 0.333. The number of carbonyl (C=O) groups is 2. The minimum absolute atomic E-state index is 0.164. The molecule has 1 aromatic carbocycles. The summed E-state index contributed by atoms with van der Waals surface area (Å²) in [7, 11) is 0. The summed E-state index contributed by atoms with van der Waals surface area (Å²) in [6.07, 6.45) is 0. The molecule has 0 aliphatic carbocycles. The Morgan fingerprint density at radius 3 is 2.71 bits per heavy atom. The predicted molar refractivity (Wildman–Crippen MR) is 68.4 cm³/mol. The number of hydrogen-bond acceptors (Lipinski definition) is 2. The summed E-state index contributed by atoms with van der Waals surface area (Å²) >= 11 is 5.64. The average molecular weight is 255 g/mol. The van der Waals surface area contributed by atoms with Gasteiger partial charge in [0.05, 0.1) is 0 Å². The van der Waals surface area contributed by atoms with E-state index in [-0.39, 0.29) is 11.8 Å². The van der Waals surface area contributed by atoms with Gasteiger partial charge >= 0.3 is 0 Å². The maximum atomic E-state index is 11.6. The molecule has 17 heavy (non-hydrogen) atoms. The Kier molecular flexibility index (Phi) is 4.97. The molecule has 0 saturated carbocycles. The van der Waals surface area contributed by atoms with Crippen LogP contribution in [0.5, 0.6) is 0 Å². The van der Waals surface area contributed by atoms with Crippen molar-refractivity contribution in [2.24, 2.45) is 0 Å². The van der Waals surface area contributed by atoms with Crippen molar-refractivity contribution in [2.75, 3.05) is 11.9 Å². The number of benzene rings is 1. The molecule has 0 saturated heterocycles. The maximum absolute atomic E-state index is 11.6. The predicted octanol–water partition coefficient (Wildman–Crippen LogP) is 2.00. The Bertz CT molecular complexity index is 419. The summed E-state index contributed by atoms with van der Waals surface area (Å²) in [4.78, 5) is 22.9. The third-order valence-corrected chi connectivity index (χ3v) is 2.29. The van der Waals surface area contributed by atoms with Crippen LogP contribution in [0, 0.1) is 0 Å². The maximum Gasteiger partial charge on any atom is 0.251 e. The molecule has 0 heterocycles. The second kappa shape index (κ2) is 6.25. The van der Waals surface area contributed by atoms with E-state index in [0.29, 0.717) is 17.8 Å². The van der Waals surface area contributed by atoms with E-state index in [2.05, 4.69) is 10.6 Å². The van der Waals surface area contributed by atoms with Crippen molar-refractivity contribution >= 4 is 29.1 Å². The van der Waals surface area contributed by atoms with Gasteiger partial charge in [0.15, 0.2) is 0 Å². The van der Waals surface area contributed by atoms with Gasteiger partial charge in [-0.15, -0.1) is 11.6 Å². The molecule has 1 atom stereocenters. The lowest BCUT2D eigenvalue weighted by Crippen LogP contribution is -2.23. The minimum Gasteiger partial charge on any atom is -0.352 e. The fourth-order valence-electron chi connectivity index (χ4n) is 1.24. The first kappa shape index (κ1) is 13.5. The molecular weight excluding hydrogens is 240 g/mol. The molecule has 1 unspecified atom stereocenters. The zero-order valence-corrected chi connectivity index (χ0v) is 10.5. The molecule has 0 bridgehead atoms. The van der Waals surface area contributed by atoms with Crippen LogP contribution in [0.4, 0.5) is 5.69 Å². The standard InChI is InChI=1S/C12H15ClN2O2/c1-3-14-12(17)9-5-4-6-10(7-9)15-11(16)8(2)13/h4-8H,3H2,1-2H3,(H,14,17)(H,15,16). The van der Waals surface area contributed by atoms with Crippen molar-refractivity contribution in [3.8, 4) is 0 Å². The fourth-order valence-corrected chi connectivity index (χ4v) is 1.30. The normalized spacial score (nSPS) is 11.7. The number of amides is 2. The molecule has 4 nitrogen and oxygen atoms in total. The van der Waals surface area contributed by atoms with Gasteiger partial charge in [-0.2, -0.15) is 0 Å². The molecule has 1 rings (SSSR count). The van der Waals surface area contributed by atoms with Crippen molar-refractivity contribution in [2.45, 2.75) is 19.2 Å². The molecule has 0 fully saturated rings. The minimum atomic E-state index is -0.608. The van der Waals surface area contributed by atoms with Gasteiger partial charge in [0.25, 0.3) is 5.91 Å². The Labute approximate surface area is 105 Å². The van der Waals surface area contributed by atoms with E-state index in [0.717, 1.165) is 0 Å². The van der Waals surface area contributed by atoms with Crippen LogP contribution in [0.25, 0.3) is 0 Å². The number of hydrogen-bond donors (Lipinski definition) is 2. The van der Waals surface area contributed by atoms with Crippen LogP contribution in [-0.4, -0.2) is 23.7 Å². The zero-order valence-electron chi connectivity index (χ0n) is 9.79. The monoisotopic (exact) mass is 254 g/mol. The van der Waals surface area contributed by atoms with Crippen LogP contribution >= 0.6 is 11.6 Å². The largest absolute Gasteiger partial charge is 0.352 e. The van der Waals surface area contributed by atoms with Gasteiger partial charge in [0.2, 0.25) is 5.91 Å². The van der Waals surface area contributed by atoms with Crippen molar-refractivity contribution in [3.63, 3.8) is 0 Å². The lowest BCUT2D eigenvalue weighted by atomic mass is 10.2. The van der Waals surface area contributed by atoms with Crippen LogP contribution < -0.4 is 10.6 Å². The molecule has 0 radical (unpaired) electrons. The summed E-state index contributed by atoms with van der Waals surface area (Å²) in [6, 6.07) is 6.71. The summed E-state index contributed by atoms with van der Waals surface area (Å²) < 4.78 is 0. The van der Waals surface area contributed by atoms with Crippen LogP contribution in [0.3, 0.4) is 0 Å². The smallest absolute Gasteiger partial charge is 0.251 e. The van der Waals surface area contributed by atoms with Gasteiger partial charge in [-0.05, 0) is 32.0 Å². The van der Waals surface area contributed by atoms with E-state index >= 15 is 0 Å². The molecule has 0 aliphatic heterocycles. The molecular formula is C12H15ClN2O2. The first-order chi connectivity index (χ1) is 8.04. The van der Waals surface area contributed by atoms with Crippen LogP contribution in [0.15, 0.2) is 24.3 Å². The molecule has 2 N–H and O–H groups in total. The van der Waals surface area contributed by atoms with E-state index in [9.17, 15) is 9.59 Å². The lowest BCUT2D eigenvalue weighted by molar-refractivity contribution is -0.115. The highest BCUT2D eigenvalue weighted by Gasteiger charge is 2.10. The molecule has 1 aromatic rings. The highest BCUT2D eigenvalue weighted by Crippen LogP contribution is 2.11. The summed E-state index contributed by atoms with van der Waals surface area (Å²) in [6.45, 7) is 4.00. The third kappa shape index (κ3) is 4.07. The molecule has 2 amide bonds. The first-order valence-electron chi connectivity index (χ1n) is 5.37. The van der Waals surface area contributed by atoms with E-state index < -0.39 is 5.38 Å². The van der Waals surface area contributed by atoms with E-state index in [4.69, 9.17) is 11.6 Å². The van der Waals surface area contributed by atoms with E-state index in [1.807, 2.05) is 6.92 Å². The van der Waals surface area contributed by atoms with Crippen molar-refractivity contribution in [1.29, 1.82) is 0 Å². The SMILES string of the molecule is CCNC(=O)c1cccc(NC(=O)C(C)Cl)c1. The van der Waals surface area contributed by atoms with Gasteiger partial charge in [-0.25, -0.2) is 0 Å². The van der Waals surface area contributed by atoms with E-state index in [1.54, 1.807) is 31.2 Å².